The number of non-ortho nitro benzene ring substituents is 1. The van der Waals surface area contributed by atoms with Gasteiger partial charge >= 0.3 is 0 Å². The zero-order chi connectivity index (χ0) is 10.1. The molecule has 0 atom stereocenters. The van der Waals surface area contributed by atoms with Crippen LogP contribution in [0.3, 0.4) is 0 Å². The first kappa shape index (κ1) is 8.36. The van der Waals surface area contributed by atoms with E-state index < -0.39 is 4.92 Å². The van der Waals surface area contributed by atoms with Crippen molar-refractivity contribution in [1.29, 1.82) is 0 Å². The van der Waals surface area contributed by atoms with E-state index >= 15 is 0 Å². The quantitative estimate of drug-likeness (QED) is 0.414. The Kier molecular flexibility index (Phi) is 1.74. The maximum atomic E-state index is 10.6. The second-order valence-electron chi connectivity index (χ2n) is 2.71. The van der Waals surface area contributed by atoms with Crippen LogP contribution in [-0.2, 0) is 0 Å². The number of nitroso groups, excluding NO2 is 1. The molecule has 1 heterocycles. The topological polar surface area (TPSA) is 77.5 Å². The second-order valence-corrected chi connectivity index (χ2v) is 2.71. The molecule has 1 aromatic carbocycles. The smallest absolute Gasteiger partial charge is 0.258 e. The molecule has 1 aromatic heterocycles. The maximum Gasteiger partial charge on any atom is 0.295 e. The average Bonchev–Trinajstić information content (AvgIpc) is 2.59. The molecule has 2 aromatic rings. The highest BCUT2D eigenvalue weighted by Gasteiger charge is 2.15. The number of nitro benzene ring substituents is 1. The Balaban J connectivity index is 2.88. The number of para-hydroxylation sites is 1. The Morgan fingerprint density at radius 1 is 1.36 bits per heavy atom. The molecule has 0 aliphatic rings. The fourth-order valence-electron chi connectivity index (χ4n) is 1.37. The lowest BCUT2D eigenvalue weighted by molar-refractivity contribution is -0.383. The van der Waals surface area contributed by atoms with Crippen LogP contribution >= 0.6 is 0 Å². The molecule has 0 fully saturated rings. The van der Waals surface area contributed by atoms with Crippen molar-refractivity contribution in [2.24, 2.45) is 5.29 Å². The number of hydrogen-bond donors (Lipinski definition) is 0. The van der Waals surface area contributed by atoms with Gasteiger partial charge in [-0.2, -0.15) is 4.68 Å². The monoisotopic (exact) mass is 191 g/mol. The number of fused-ring (bicyclic) bond motifs is 1. The van der Waals surface area contributed by atoms with Gasteiger partial charge in [-0.15, -0.1) is 4.91 Å². The molecule has 14 heavy (non-hydrogen) atoms. The standard InChI is InChI=1S/C8H5N3O3/c12-9-10-5-4-6-2-1-3-7(8(6)10)11(13)14/h1-5H. The van der Waals surface area contributed by atoms with Crippen molar-refractivity contribution in [3.05, 3.63) is 45.5 Å². The third kappa shape index (κ3) is 1.05. The van der Waals surface area contributed by atoms with E-state index in [0.29, 0.717) is 5.39 Å². The molecule has 6 heteroatoms. The Morgan fingerprint density at radius 2 is 2.14 bits per heavy atom. The van der Waals surface area contributed by atoms with Crippen molar-refractivity contribution in [3.63, 3.8) is 0 Å². The summed E-state index contributed by atoms with van der Waals surface area (Å²) in [4.78, 5) is 20.4. The summed E-state index contributed by atoms with van der Waals surface area (Å²) >= 11 is 0. The van der Waals surface area contributed by atoms with Crippen LogP contribution in [0.25, 0.3) is 10.9 Å². The highest BCUT2D eigenvalue weighted by atomic mass is 16.6. The number of benzene rings is 1. The van der Waals surface area contributed by atoms with E-state index in [4.69, 9.17) is 0 Å². The molecule has 6 nitrogen and oxygen atoms in total. The fraction of sp³-hybridized carbons (Fsp3) is 0. The molecule has 2 rings (SSSR count). The van der Waals surface area contributed by atoms with Crippen LogP contribution in [0.2, 0.25) is 0 Å². The molecule has 0 saturated carbocycles. The lowest BCUT2D eigenvalue weighted by Crippen LogP contribution is -1.92. The first-order chi connectivity index (χ1) is 6.74. The highest BCUT2D eigenvalue weighted by molar-refractivity contribution is 5.88. The van der Waals surface area contributed by atoms with Gasteiger partial charge in [0.1, 0.15) is 0 Å². The first-order valence-electron chi connectivity index (χ1n) is 3.82. The normalized spacial score (nSPS) is 10.3. The highest BCUT2D eigenvalue weighted by Crippen LogP contribution is 2.25. The van der Waals surface area contributed by atoms with Gasteiger partial charge in [-0.05, 0) is 6.07 Å². The number of nitro groups is 1. The van der Waals surface area contributed by atoms with Crippen LogP contribution in [0.1, 0.15) is 0 Å². The largest absolute Gasteiger partial charge is 0.295 e. The van der Waals surface area contributed by atoms with Gasteiger partial charge in [0.15, 0.2) is 5.52 Å². The Morgan fingerprint density at radius 3 is 2.79 bits per heavy atom. The first-order valence-corrected chi connectivity index (χ1v) is 3.82. The van der Waals surface area contributed by atoms with E-state index in [1.165, 1.54) is 12.3 Å². The summed E-state index contributed by atoms with van der Waals surface area (Å²) in [5, 5.41) is 13.9. The summed E-state index contributed by atoms with van der Waals surface area (Å²) in [6.07, 6.45) is 1.39. The van der Waals surface area contributed by atoms with Crippen molar-refractivity contribution < 1.29 is 4.92 Å². The molecule has 0 radical (unpaired) electrons. The molecule has 0 aliphatic heterocycles. The third-order valence-electron chi connectivity index (χ3n) is 1.95. The summed E-state index contributed by atoms with van der Waals surface area (Å²) in [6.45, 7) is 0. The average molecular weight is 191 g/mol. The summed E-state index contributed by atoms with van der Waals surface area (Å²) in [5.74, 6) is 0. The molecule has 0 unspecified atom stereocenters. The molecular formula is C8H5N3O3. The maximum absolute atomic E-state index is 10.6. The number of rotatable bonds is 2. The van der Waals surface area contributed by atoms with E-state index in [1.807, 2.05) is 0 Å². The van der Waals surface area contributed by atoms with Crippen LogP contribution < -0.4 is 0 Å². The molecule has 0 aliphatic carbocycles. The van der Waals surface area contributed by atoms with Gasteiger partial charge in [0.25, 0.3) is 5.69 Å². The second kappa shape index (κ2) is 2.91. The Bertz CT molecular complexity index is 518. The van der Waals surface area contributed by atoms with Gasteiger partial charge in [-0.3, -0.25) is 10.1 Å². The molecule has 0 bridgehead atoms. The number of aromatic nitrogens is 1. The van der Waals surface area contributed by atoms with Crippen molar-refractivity contribution in [2.45, 2.75) is 0 Å². The minimum atomic E-state index is -0.538. The molecular weight excluding hydrogens is 186 g/mol. The van der Waals surface area contributed by atoms with Crippen LogP contribution in [0.4, 0.5) is 5.69 Å². The van der Waals surface area contributed by atoms with Crippen molar-refractivity contribution in [2.75, 3.05) is 0 Å². The van der Waals surface area contributed by atoms with Gasteiger partial charge < -0.3 is 0 Å². The molecule has 0 spiro atoms. The number of nitrogens with zero attached hydrogens (tertiary/aromatic N) is 3. The zero-order valence-corrected chi connectivity index (χ0v) is 6.95. The van der Waals surface area contributed by atoms with Crippen LogP contribution in [0.15, 0.2) is 35.7 Å². The Labute approximate surface area is 77.9 Å². The van der Waals surface area contributed by atoms with Gasteiger partial charge in [0.05, 0.1) is 10.2 Å². The summed E-state index contributed by atoms with van der Waals surface area (Å²) < 4.78 is 0.952. The Hall–Kier alpha value is -2.24. The SMILES string of the molecule is O=Nn1ccc2cccc([N+](=O)[O-])c21. The van der Waals surface area contributed by atoms with Gasteiger partial charge in [0, 0.05) is 17.6 Å². The minimum absolute atomic E-state index is 0.118. The predicted octanol–water partition coefficient (Wildman–Crippen LogP) is 2.08. The minimum Gasteiger partial charge on any atom is -0.258 e. The van der Waals surface area contributed by atoms with Gasteiger partial charge in [-0.1, -0.05) is 12.1 Å². The van der Waals surface area contributed by atoms with Crippen LogP contribution in [0.5, 0.6) is 0 Å². The van der Waals surface area contributed by atoms with E-state index in [9.17, 15) is 15.0 Å². The van der Waals surface area contributed by atoms with Crippen molar-refractivity contribution in [3.8, 4) is 0 Å². The van der Waals surface area contributed by atoms with Crippen molar-refractivity contribution >= 4 is 16.6 Å². The summed E-state index contributed by atoms with van der Waals surface area (Å²) in [7, 11) is 0. The predicted molar refractivity (Wildman–Crippen MR) is 49.8 cm³/mol. The fourth-order valence-corrected chi connectivity index (χ4v) is 1.37. The van der Waals surface area contributed by atoms with E-state index in [0.717, 1.165) is 4.68 Å². The van der Waals surface area contributed by atoms with Gasteiger partial charge in [0.2, 0.25) is 0 Å². The van der Waals surface area contributed by atoms with Gasteiger partial charge in [-0.25, -0.2) is 0 Å². The lowest BCUT2D eigenvalue weighted by Gasteiger charge is -1.95. The molecule has 0 saturated heterocycles. The molecule has 0 N–H and O–H groups in total. The summed E-state index contributed by atoms with van der Waals surface area (Å²) in [6, 6.07) is 6.19. The van der Waals surface area contributed by atoms with Crippen LogP contribution in [0, 0.1) is 15.0 Å². The van der Waals surface area contributed by atoms with Crippen LogP contribution in [-0.4, -0.2) is 9.60 Å². The van der Waals surface area contributed by atoms with E-state index in [-0.39, 0.29) is 11.2 Å². The lowest BCUT2D eigenvalue weighted by atomic mass is 10.2. The molecule has 0 amide bonds. The van der Waals surface area contributed by atoms with Crippen molar-refractivity contribution in [1.82, 2.24) is 4.68 Å². The van der Waals surface area contributed by atoms with E-state index in [1.54, 1.807) is 18.2 Å². The van der Waals surface area contributed by atoms with E-state index in [2.05, 4.69) is 5.29 Å². The molecule has 70 valence electrons. The summed E-state index contributed by atoms with van der Waals surface area (Å²) in [5.41, 5.74) is 0.111. The third-order valence-corrected chi connectivity index (χ3v) is 1.95. The zero-order valence-electron chi connectivity index (χ0n) is 6.95. The number of hydrogen-bond acceptors (Lipinski definition) is 4.